The van der Waals surface area contributed by atoms with Gasteiger partial charge in [0.2, 0.25) is 0 Å². The molecule has 0 aliphatic carbocycles. The number of aromatic nitrogens is 2. The van der Waals surface area contributed by atoms with Crippen molar-refractivity contribution in [1.82, 2.24) is 14.9 Å². The van der Waals surface area contributed by atoms with Gasteiger partial charge in [-0.15, -0.1) is 0 Å². The zero-order chi connectivity index (χ0) is 9.10. The van der Waals surface area contributed by atoms with Crippen LogP contribution in [0.15, 0.2) is 12.4 Å². The molecule has 0 aromatic carbocycles. The Morgan fingerprint density at radius 1 is 1.46 bits per heavy atom. The van der Waals surface area contributed by atoms with Crippen LogP contribution < -0.4 is 0 Å². The van der Waals surface area contributed by atoms with Gasteiger partial charge in [0.15, 0.2) is 0 Å². The summed E-state index contributed by atoms with van der Waals surface area (Å²) in [6.07, 6.45) is 4.97. The van der Waals surface area contributed by atoms with Crippen molar-refractivity contribution in [3.63, 3.8) is 0 Å². The van der Waals surface area contributed by atoms with Gasteiger partial charge in [-0.25, -0.2) is 4.98 Å². The summed E-state index contributed by atoms with van der Waals surface area (Å²) in [5.41, 5.74) is 0. The Balaban J connectivity index is 1.86. The van der Waals surface area contributed by atoms with E-state index in [2.05, 4.69) is 14.9 Å². The highest BCUT2D eigenvalue weighted by atomic mass is 16.1. The van der Waals surface area contributed by atoms with E-state index in [4.69, 9.17) is 0 Å². The maximum Gasteiger partial charge on any atom is 0.135 e. The molecule has 0 radical (unpaired) electrons. The number of nitrogens with zero attached hydrogens (tertiary/aromatic N) is 2. The molecule has 1 aromatic rings. The molecule has 0 atom stereocenters. The van der Waals surface area contributed by atoms with Crippen LogP contribution >= 0.6 is 0 Å². The van der Waals surface area contributed by atoms with Crippen LogP contribution in [0.3, 0.4) is 0 Å². The van der Waals surface area contributed by atoms with Crippen LogP contribution in [0.5, 0.6) is 0 Å². The lowest BCUT2D eigenvalue weighted by molar-refractivity contribution is -0.121. The minimum absolute atomic E-state index is 0.385. The number of ketones is 1. The van der Waals surface area contributed by atoms with Gasteiger partial charge in [0, 0.05) is 38.3 Å². The van der Waals surface area contributed by atoms with Crippen molar-refractivity contribution in [2.75, 3.05) is 13.1 Å². The number of carbonyl (C=O) groups is 1. The highest BCUT2D eigenvalue weighted by molar-refractivity contribution is 5.79. The number of hydrogen-bond donors (Lipinski definition) is 1. The normalized spacial score (nSPS) is 19.2. The number of H-pyrrole nitrogens is 1. The smallest absolute Gasteiger partial charge is 0.135 e. The second kappa shape index (κ2) is 3.70. The number of aromatic amines is 1. The lowest BCUT2D eigenvalue weighted by atomic mass is 10.1. The molecule has 2 heterocycles. The second-order valence-electron chi connectivity index (χ2n) is 3.35. The Kier molecular flexibility index (Phi) is 2.40. The maximum absolute atomic E-state index is 11.0. The minimum atomic E-state index is 0.385. The van der Waals surface area contributed by atoms with Gasteiger partial charge in [-0.2, -0.15) is 0 Å². The molecule has 0 spiro atoms. The summed E-state index contributed by atoms with van der Waals surface area (Å²) in [6.45, 7) is 2.58. The average Bonchev–Trinajstić information content (AvgIpc) is 2.62. The predicted octanol–water partition coefficient (Wildman–Crippen LogP) is 0.575. The molecular formula is C9H13N3O. The molecule has 0 unspecified atom stereocenters. The van der Waals surface area contributed by atoms with E-state index in [0.717, 1.165) is 25.5 Å². The van der Waals surface area contributed by atoms with Crippen molar-refractivity contribution >= 4 is 5.78 Å². The fourth-order valence-electron chi connectivity index (χ4n) is 1.56. The first kappa shape index (κ1) is 8.44. The fraction of sp³-hybridized carbons (Fsp3) is 0.556. The molecule has 1 saturated heterocycles. The molecule has 1 N–H and O–H groups in total. The van der Waals surface area contributed by atoms with E-state index in [-0.39, 0.29) is 0 Å². The number of likely N-dealkylation sites (tertiary alicyclic amines) is 1. The van der Waals surface area contributed by atoms with Gasteiger partial charge in [0.05, 0.1) is 6.54 Å². The van der Waals surface area contributed by atoms with Crippen molar-refractivity contribution in [3.8, 4) is 0 Å². The van der Waals surface area contributed by atoms with E-state index < -0.39 is 0 Å². The van der Waals surface area contributed by atoms with Gasteiger partial charge in [-0.1, -0.05) is 0 Å². The Labute approximate surface area is 77.0 Å². The molecule has 13 heavy (non-hydrogen) atoms. The van der Waals surface area contributed by atoms with E-state index in [1.54, 1.807) is 6.20 Å². The van der Waals surface area contributed by atoms with E-state index in [1.165, 1.54) is 0 Å². The van der Waals surface area contributed by atoms with Crippen LogP contribution in [0.2, 0.25) is 0 Å². The van der Waals surface area contributed by atoms with Crippen molar-refractivity contribution in [2.45, 2.75) is 19.4 Å². The zero-order valence-electron chi connectivity index (χ0n) is 7.49. The predicted molar refractivity (Wildman–Crippen MR) is 48.1 cm³/mol. The van der Waals surface area contributed by atoms with E-state index in [9.17, 15) is 4.79 Å². The molecule has 4 heteroatoms. The lowest BCUT2D eigenvalue weighted by Crippen LogP contribution is -2.33. The molecule has 1 aliphatic heterocycles. The molecule has 1 aromatic heterocycles. The van der Waals surface area contributed by atoms with Gasteiger partial charge >= 0.3 is 0 Å². The van der Waals surface area contributed by atoms with Gasteiger partial charge in [0.1, 0.15) is 11.6 Å². The largest absolute Gasteiger partial charge is 0.348 e. The van der Waals surface area contributed by atoms with Crippen LogP contribution in [0.1, 0.15) is 18.7 Å². The van der Waals surface area contributed by atoms with Crippen LogP contribution in [0.25, 0.3) is 0 Å². The third-order valence-corrected chi connectivity index (χ3v) is 2.34. The Hall–Kier alpha value is -1.16. The van der Waals surface area contributed by atoms with Crippen LogP contribution in [-0.2, 0) is 11.3 Å². The van der Waals surface area contributed by atoms with Crippen molar-refractivity contribution in [1.29, 1.82) is 0 Å². The van der Waals surface area contributed by atoms with Gasteiger partial charge in [-0.05, 0) is 0 Å². The summed E-state index contributed by atoms with van der Waals surface area (Å²) < 4.78 is 0. The highest BCUT2D eigenvalue weighted by Crippen LogP contribution is 2.07. The highest BCUT2D eigenvalue weighted by Gasteiger charge is 2.16. The lowest BCUT2D eigenvalue weighted by Gasteiger charge is -2.24. The quantitative estimate of drug-likeness (QED) is 0.722. The number of carbonyl (C=O) groups excluding carboxylic acids is 1. The summed E-state index contributed by atoms with van der Waals surface area (Å²) in [5, 5.41) is 0. The van der Waals surface area contributed by atoms with E-state index in [0.29, 0.717) is 18.6 Å². The third-order valence-electron chi connectivity index (χ3n) is 2.34. The molecule has 0 amide bonds. The van der Waals surface area contributed by atoms with Crippen LogP contribution in [-0.4, -0.2) is 33.7 Å². The van der Waals surface area contributed by atoms with Crippen LogP contribution in [0, 0.1) is 0 Å². The average molecular weight is 179 g/mol. The molecular weight excluding hydrogens is 166 g/mol. The number of nitrogens with one attached hydrogen (secondary N) is 1. The molecule has 2 rings (SSSR count). The van der Waals surface area contributed by atoms with Crippen molar-refractivity contribution < 1.29 is 4.79 Å². The maximum atomic E-state index is 11.0. The molecule has 0 bridgehead atoms. The summed E-state index contributed by atoms with van der Waals surface area (Å²) in [5.74, 6) is 1.37. The summed E-state index contributed by atoms with van der Waals surface area (Å²) in [6, 6.07) is 0. The van der Waals surface area contributed by atoms with Crippen molar-refractivity contribution in [3.05, 3.63) is 18.2 Å². The van der Waals surface area contributed by atoms with Gasteiger partial charge in [-0.3, -0.25) is 9.69 Å². The summed E-state index contributed by atoms with van der Waals surface area (Å²) in [7, 11) is 0. The molecule has 1 aliphatic rings. The van der Waals surface area contributed by atoms with E-state index in [1.807, 2.05) is 6.20 Å². The molecule has 1 fully saturated rings. The molecule has 4 nitrogen and oxygen atoms in total. The standard InChI is InChI=1S/C9H13N3O/c13-8-1-5-12(6-2-8)7-9-10-3-4-11-9/h3-4H,1-2,5-7H2,(H,10,11). The second-order valence-corrected chi connectivity index (χ2v) is 3.35. The Morgan fingerprint density at radius 3 is 2.85 bits per heavy atom. The van der Waals surface area contributed by atoms with Crippen molar-refractivity contribution in [2.24, 2.45) is 0 Å². The molecule has 0 saturated carbocycles. The Morgan fingerprint density at radius 2 is 2.23 bits per heavy atom. The molecule has 70 valence electrons. The first-order valence-corrected chi connectivity index (χ1v) is 4.57. The number of piperidine rings is 1. The summed E-state index contributed by atoms with van der Waals surface area (Å²) >= 11 is 0. The first-order chi connectivity index (χ1) is 6.34. The number of Topliss-reactive ketones (excluding diaryl/α,β-unsaturated/α-hetero) is 1. The van der Waals surface area contributed by atoms with Gasteiger partial charge in [0.25, 0.3) is 0 Å². The number of rotatable bonds is 2. The van der Waals surface area contributed by atoms with Crippen LogP contribution in [0.4, 0.5) is 0 Å². The topological polar surface area (TPSA) is 49.0 Å². The minimum Gasteiger partial charge on any atom is -0.348 e. The zero-order valence-corrected chi connectivity index (χ0v) is 7.49. The Bertz CT molecular complexity index is 271. The van der Waals surface area contributed by atoms with Gasteiger partial charge < -0.3 is 4.98 Å². The van der Waals surface area contributed by atoms with E-state index >= 15 is 0 Å². The third kappa shape index (κ3) is 2.15. The monoisotopic (exact) mass is 179 g/mol. The number of imidazole rings is 1. The SMILES string of the molecule is O=C1CCN(Cc2ncc[nH]2)CC1. The summed E-state index contributed by atoms with van der Waals surface area (Å²) in [4.78, 5) is 20.4. The number of hydrogen-bond acceptors (Lipinski definition) is 3. The first-order valence-electron chi connectivity index (χ1n) is 4.57. The fourth-order valence-corrected chi connectivity index (χ4v) is 1.56.